The van der Waals surface area contributed by atoms with Crippen LogP contribution in [0.4, 0.5) is 11.4 Å². The summed E-state index contributed by atoms with van der Waals surface area (Å²) in [5.74, 6) is 0.152. The van der Waals surface area contributed by atoms with Gasteiger partial charge in [0.25, 0.3) is 0 Å². The fourth-order valence-electron chi connectivity index (χ4n) is 10.7. The molecule has 0 radical (unpaired) electrons. The van der Waals surface area contributed by atoms with Crippen LogP contribution in [0.5, 0.6) is 0 Å². The van der Waals surface area contributed by atoms with Crippen molar-refractivity contribution in [2.24, 2.45) is 5.92 Å². The predicted octanol–water partition coefficient (Wildman–Crippen LogP) is 15.1. The molecule has 9 rings (SSSR count). The molecule has 4 nitrogen and oxygen atoms in total. The largest absolute Gasteiger partial charge is 0.361 e. The number of nitriles is 2. The van der Waals surface area contributed by atoms with Crippen LogP contribution in [0.3, 0.4) is 0 Å². The van der Waals surface area contributed by atoms with E-state index in [0.29, 0.717) is 34.6 Å². The minimum atomic E-state index is -0.689. The van der Waals surface area contributed by atoms with Gasteiger partial charge in [0, 0.05) is 11.9 Å². The lowest BCUT2D eigenvalue weighted by Gasteiger charge is -2.37. The number of rotatable bonds is 14. The monoisotopic (exact) mass is 864 g/mol. The number of hydrogen-bond acceptors (Lipinski definition) is 4. The molecule has 0 aliphatic heterocycles. The quantitative estimate of drug-likeness (QED) is 0.107. The summed E-state index contributed by atoms with van der Waals surface area (Å²) in [6, 6.07) is 68.5. The summed E-state index contributed by atoms with van der Waals surface area (Å²) in [6.45, 7) is 11.3. The highest BCUT2D eigenvalue weighted by atomic mass is 14.9. The van der Waals surface area contributed by atoms with Gasteiger partial charge >= 0.3 is 0 Å². The Bertz CT molecular complexity index is 3130. The molecular formula is C63H52N4. The molecule has 0 unspecified atom stereocenters. The number of fused-ring (bicyclic) bond motifs is 2. The van der Waals surface area contributed by atoms with E-state index in [9.17, 15) is 10.5 Å². The van der Waals surface area contributed by atoms with E-state index in [1.165, 1.54) is 50.1 Å². The van der Waals surface area contributed by atoms with Gasteiger partial charge in [-0.15, -0.1) is 0 Å². The topological polar surface area (TPSA) is 71.6 Å². The lowest BCUT2D eigenvalue weighted by molar-refractivity contribution is 0.725. The van der Waals surface area contributed by atoms with Gasteiger partial charge < -0.3 is 10.6 Å². The molecule has 2 aliphatic rings. The Morgan fingerprint density at radius 2 is 1.07 bits per heavy atom. The second-order valence-corrected chi connectivity index (χ2v) is 17.3. The smallest absolute Gasteiger partial charge is 0.101 e. The second-order valence-electron chi connectivity index (χ2n) is 17.3. The van der Waals surface area contributed by atoms with E-state index in [-0.39, 0.29) is 5.92 Å². The maximum atomic E-state index is 10.5. The summed E-state index contributed by atoms with van der Waals surface area (Å²) >= 11 is 0. The maximum Gasteiger partial charge on any atom is 0.101 e. The van der Waals surface area contributed by atoms with E-state index >= 15 is 0 Å². The molecule has 7 aromatic carbocycles. The molecule has 0 heterocycles. The van der Waals surface area contributed by atoms with Crippen LogP contribution in [-0.2, 0) is 10.8 Å². The first-order valence-corrected chi connectivity index (χ1v) is 22.9. The van der Waals surface area contributed by atoms with Gasteiger partial charge in [-0.1, -0.05) is 215 Å². The standard InChI is InChI=1S/C63H52N4/c1-5-25-52-53-34-20-22-37-56(53)62(48-26-11-6-12-27-48,49-28-13-7-14-29-49)55(52)36-19-10-24-39-66-58-41-59(47(43-65)40-46(58)42-64)67-45(4)61-60(44(2)3)54-35-21-23-38-57(54)63(61,50-30-15-8-16-31-50)51-32-17-9-18-33-51/h5-35,37-41,44,66-67H,4,36H2,1-3H3/b19-10-,25-5-,39-24+. The van der Waals surface area contributed by atoms with Crippen LogP contribution in [0.15, 0.2) is 242 Å². The highest BCUT2D eigenvalue weighted by Gasteiger charge is 2.49. The molecule has 2 N–H and O–H groups in total. The predicted molar refractivity (Wildman–Crippen MR) is 277 cm³/mol. The third kappa shape index (κ3) is 7.54. The summed E-state index contributed by atoms with van der Waals surface area (Å²) in [6.07, 6.45) is 13.1. The summed E-state index contributed by atoms with van der Waals surface area (Å²) < 4.78 is 0. The summed E-state index contributed by atoms with van der Waals surface area (Å²) in [4.78, 5) is 0. The number of nitrogens with one attached hydrogen (secondary N) is 2. The molecule has 67 heavy (non-hydrogen) atoms. The summed E-state index contributed by atoms with van der Waals surface area (Å²) in [7, 11) is 0. The average molecular weight is 865 g/mol. The van der Waals surface area contributed by atoms with E-state index in [1.807, 2.05) is 30.5 Å². The van der Waals surface area contributed by atoms with Crippen LogP contribution in [0.25, 0.3) is 11.1 Å². The minimum Gasteiger partial charge on any atom is -0.361 e. The molecule has 7 aromatic rings. The van der Waals surface area contributed by atoms with Crippen molar-refractivity contribution < 1.29 is 0 Å². The van der Waals surface area contributed by atoms with Gasteiger partial charge in [-0.25, -0.2) is 0 Å². The molecule has 0 saturated heterocycles. The molecule has 0 fully saturated rings. The average Bonchev–Trinajstić information content (AvgIpc) is 3.85. The fourth-order valence-corrected chi connectivity index (χ4v) is 10.7. The molecule has 2 aliphatic carbocycles. The third-order valence-electron chi connectivity index (χ3n) is 13.3. The maximum absolute atomic E-state index is 10.5. The molecule has 0 bridgehead atoms. The van der Waals surface area contributed by atoms with Crippen molar-refractivity contribution in [3.63, 3.8) is 0 Å². The van der Waals surface area contributed by atoms with E-state index in [1.54, 1.807) is 6.07 Å². The Hall–Kier alpha value is -8.44. The van der Waals surface area contributed by atoms with Crippen molar-refractivity contribution >= 4 is 22.5 Å². The van der Waals surface area contributed by atoms with Gasteiger partial charge in [0.15, 0.2) is 0 Å². The van der Waals surface area contributed by atoms with Gasteiger partial charge in [-0.2, -0.15) is 10.5 Å². The van der Waals surface area contributed by atoms with Gasteiger partial charge in [-0.3, -0.25) is 0 Å². The molecule has 0 spiro atoms. The zero-order valence-corrected chi connectivity index (χ0v) is 38.2. The lowest BCUT2D eigenvalue weighted by Crippen LogP contribution is -2.32. The van der Waals surface area contributed by atoms with Crippen LogP contribution in [0, 0.1) is 28.6 Å². The van der Waals surface area contributed by atoms with Gasteiger partial charge in [0.1, 0.15) is 12.1 Å². The minimum absolute atomic E-state index is 0.152. The number of benzene rings is 7. The normalized spacial score (nSPS) is 14.7. The Labute approximate surface area is 395 Å². The van der Waals surface area contributed by atoms with E-state index in [0.717, 1.165) is 16.7 Å². The Morgan fingerprint density at radius 1 is 0.597 bits per heavy atom. The van der Waals surface area contributed by atoms with Gasteiger partial charge in [0.2, 0.25) is 0 Å². The van der Waals surface area contributed by atoms with Crippen molar-refractivity contribution in [3.05, 3.63) is 298 Å². The van der Waals surface area contributed by atoms with E-state index in [4.69, 9.17) is 6.58 Å². The first-order chi connectivity index (χ1) is 32.9. The van der Waals surface area contributed by atoms with Crippen LogP contribution in [-0.4, -0.2) is 0 Å². The Balaban J connectivity index is 1.05. The zero-order chi connectivity index (χ0) is 46.4. The molecule has 0 atom stereocenters. The van der Waals surface area contributed by atoms with Crippen LogP contribution < -0.4 is 10.6 Å². The molecule has 0 saturated carbocycles. The zero-order valence-electron chi connectivity index (χ0n) is 38.2. The van der Waals surface area contributed by atoms with Crippen molar-refractivity contribution in [2.45, 2.75) is 38.0 Å². The van der Waals surface area contributed by atoms with Crippen LogP contribution in [0.2, 0.25) is 0 Å². The molecule has 0 aromatic heterocycles. The van der Waals surface area contributed by atoms with E-state index in [2.05, 4.69) is 226 Å². The van der Waals surface area contributed by atoms with Crippen molar-refractivity contribution in [1.82, 2.24) is 0 Å². The molecule has 4 heteroatoms. The number of hydrogen-bond donors (Lipinski definition) is 2. The number of allylic oxidation sites excluding steroid dienone is 9. The van der Waals surface area contributed by atoms with E-state index < -0.39 is 10.8 Å². The fraction of sp³-hybridized carbons (Fsp3) is 0.111. The highest BCUT2D eigenvalue weighted by molar-refractivity contribution is 5.92. The first-order valence-electron chi connectivity index (χ1n) is 22.9. The van der Waals surface area contributed by atoms with Crippen molar-refractivity contribution in [2.75, 3.05) is 10.6 Å². The van der Waals surface area contributed by atoms with Gasteiger partial charge in [-0.05, 0) is 104 Å². The van der Waals surface area contributed by atoms with Crippen LogP contribution >= 0.6 is 0 Å². The SMILES string of the molecule is C=C(Nc1cc(N/C=C/C=C\CC2=C(/C=C\C)c3ccccc3C2(c2ccccc2)c2ccccc2)c(C#N)cc1C#N)C1=C(C(C)C)c2ccccc2C1(c1ccccc1)c1ccccc1. The lowest BCUT2D eigenvalue weighted by atomic mass is 9.66. The van der Waals surface area contributed by atoms with Crippen molar-refractivity contribution in [1.29, 1.82) is 10.5 Å². The summed E-state index contributed by atoms with van der Waals surface area (Å²) in [5.41, 5.74) is 15.7. The second kappa shape index (κ2) is 19.0. The molecular weight excluding hydrogens is 813 g/mol. The molecule has 0 amide bonds. The Kier molecular flexibility index (Phi) is 12.4. The van der Waals surface area contributed by atoms with Crippen molar-refractivity contribution in [3.8, 4) is 12.1 Å². The van der Waals surface area contributed by atoms with Crippen LogP contribution in [0.1, 0.15) is 82.8 Å². The summed E-state index contributed by atoms with van der Waals surface area (Å²) in [5, 5.41) is 27.9. The highest BCUT2D eigenvalue weighted by Crippen LogP contribution is 2.59. The number of nitrogens with zero attached hydrogens (tertiary/aromatic N) is 2. The first kappa shape index (κ1) is 43.8. The third-order valence-corrected chi connectivity index (χ3v) is 13.3. The Morgan fingerprint density at radius 3 is 1.60 bits per heavy atom. The molecule has 324 valence electrons. The number of anilines is 2. The van der Waals surface area contributed by atoms with Gasteiger partial charge in [0.05, 0.1) is 33.3 Å².